The van der Waals surface area contributed by atoms with E-state index in [1.165, 1.54) is 42.5 Å². The Kier molecular flexibility index (Phi) is 8.25. The van der Waals surface area contributed by atoms with E-state index in [1.54, 1.807) is 0 Å². The summed E-state index contributed by atoms with van der Waals surface area (Å²) in [6, 6.07) is 8.91. The normalized spacial score (nSPS) is 11.7. The van der Waals surface area contributed by atoms with Gasteiger partial charge in [-0.2, -0.15) is 13.2 Å². The average molecular weight is 434 g/mol. The van der Waals surface area contributed by atoms with E-state index in [2.05, 4.69) is 10.6 Å². The lowest BCUT2D eigenvalue weighted by Crippen LogP contribution is -2.28. The second kappa shape index (κ2) is 10.9. The molecule has 0 bridgehead atoms. The van der Waals surface area contributed by atoms with Crippen LogP contribution in [0.5, 0.6) is 11.5 Å². The van der Waals surface area contributed by atoms with Crippen LogP contribution in [0.25, 0.3) is 12.2 Å². The summed E-state index contributed by atoms with van der Waals surface area (Å²) in [5.41, 5.74) is -0.571. The maximum Gasteiger partial charge on any atom is 0.416 e. The first-order chi connectivity index (χ1) is 14.7. The Morgan fingerprint density at radius 1 is 0.871 bits per heavy atom. The van der Waals surface area contributed by atoms with Crippen molar-refractivity contribution in [2.45, 2.75) is 12.6 Å². The van der Waals surface area contributed by atoms with Crippen molar-refractivity contribution in [2.24, 2.45) is 0 Å². The molecule has 2 aromatic rings. The van der Waals surface area contributed by atoms with Crippen molar-refractivity contribution < 1.29 is 33.0 Å². The first-order valence-corrected chi connectivity index (χ1v) is 9.27. The second-order valence-electron chi connectivity index (χ2n) is 6.43. The van der Waals surface area contributed by atoms with Gasteiger partial charge in [0.05, 0.1) is 5.56 Å². The Balaban J connectivity index is 1.72. The molecule has 2 rings (SSSR count). The van der Waals surface area contributed by atoms with Gasteiger partial charge < -0.3 is 20.8 Å². The first-order valence-electron chi connectivity index (χ1n) is 9.27. The molecule has 164 valence electrons. The van der Waals surface area contributed by atoms with Gasteiger partial charge in [0.25, 0.3) is 0 Å². The maximum atomic E-state index is 12.9. The molecule has 0 saturated heterocycles. The summed E-state index contributed by atoms with van der Waals surface area (Å²) in [4.78, 5) is 23.5. The van der Waals surface area contributed by atoms with Crippen LogP contribution in [0, 0.1) is 0 Å². The minimum absolute atomic E-state index is 0.0967. The molecule has 0 radical (unpaired) electrons. The number of phenols is 2. The Morgan fingerprint density at radius 2 is 1.45 bits per heavy atom. The number of rotatable bonds is 8. The third-order valence-corrected chi connectivity index (χ3v) is 4.06. The predicted octanol–water partition coefficient (Wildman–Crippen LogP) is 3.47. The molecule has 9 heteroatoms. The fourth-order valence-electron chi connectivity index (χ4n) is 2.53. The summed E-state index contributed by atoms with van der Waals surface area (Å²) < 4.78 is 38.7. The highest BCUT2D eigenvalue weighted by Gasteiger charge is 2.32. The summed E-state index contributed by atoms with van der Waals surface area (Å²) >= 11 is 0. The van der Waals surface area contributed by atoms with Crippen LogP contribution in [0.4, 0.5) is 13.2 Å². The molecule has 0 heterocycles. The zero-order chi connectivity index (χ0) is 22.9. The van der Waals surface area contributed by atoms with Gasteiger partial charge in [0, 0.05) is 36.9 Å². The SMILES string of the molecule is O=C(/C=C/c1ccc(O)cc1O)NCCCNC(=O)/C=C/c1ccccc1C(F)(F)F. The molecule has 0 aliphatic rings. The first kappa shape index (κ1) is 23.5. The van der Waals surface area contributed by atoms with Gasteiger partial charge in [-0.25, -0.2) is 0 Å². The number of carbonyl (C=O) groups is 2. The fourth-order valence-corrected chi connectivity index (χ4v) is 2.53. The minimum atomic E-state index is -4.51. The van der Waals surface area contributed by atoms with Crippen molar-refractivity contribution in [3.8, 4) is 11.5 Å². The molecule has 0 aliphatic heterocycles. The van der Waals surface area contributed by atoms with Gasteiger partial charge in [-0.3, -0.25) is 9.59 Å². The van der Waals surface area contributed by atoms with Crippen molar-refractivity contribution in [2.75, 3.05) is 13.1 Å². The summed E-state index contributed by atoms with van der Waals surface area (Å²) in [5, 5.41) is 24.0. The molecule has 0 spiro atoms. The molecule has 6 nitrogen and oxygen atoms in total. The van der Waals surface area contributed by atoms with E-state index in [9.17, 15) is 33.0 Å². The van der Waals surface area contributed by atoms with Gasteiger partial charge in [0.15, 0.2) is 0 Å². The van der Waals surface area contributed by atoms with Gasteiger partial charge in [-0.1, -0.05) is 18.2 Å². The number of hydrogen-bond acceptors (Lipinski definition) is 4. The van der Waals surface area contributed by atoms with Crippen LogP contribution in [-0.2, 0) is 15.8 Å². The molecule has 4 N–H and O–H groups in total. The topological polar surface area (TPSA) is 98.7 Å². The number of carbonyl (C=O) groups excluding carboxylic acids is 2. The zero-order valence-electron chi connectivity index (χ0n) is 16.3. The van der Waals surface area contributed by atoms with E-state index >= 15 is 0 Å². The number of hydrogen-bond donors (Lipinski definition) is 4. The maximum absolute atomic E-state index is 12.9. The van der Waals surface area contributed by atoms with Crippen LogP contribution >= 0.6 is 0 Å². The minimum Gasteiger partial charge on any atom is -0.508 e. The van der Waals surface area contributed by atoms with Crippen LogP contribution in [-0.4, -0.2) is 35.1 Å². The molecule has 0 aromatic heterocycles. The number of aromatic hydroxyl groups is 2. The van der Waals surface area contributed by atoms with Crippen LogP contribution in [0.15, 0.2) is 54.6 Å². The molecule has 31 heavy (non-hydrogen) atoms. The number of alkyl halides is 3. The van der Waals surface area contributed by atoms with Gasteiger partial charge in [0.2, 0.25) is 11.8 Å². The monoisotopic (exact) mass is 434 g/mol. The molecule has 0 atom stereocenters. The van der Waals surface area contributed by atoms with Crippen molar-refractivity contribution in [1.82, 2.24) is 10.6 Å². The van der Waals surface area contributed by atoms with Gasteiger partial charge in [-0.15, -0.1) is 0 Å². The lowest BCUT2D eigenvalue weighted by atomic mass is 10.1. The highest BCUT2D eigenvalue weighted by Crippen LogP contribution is 2.32. The van der Waals surface area contributed by atoms with Gasteiger partial charge in [-0.05, 0) is 42.3 Å². The standard InChI is InChI=1S/C22H21F3N2O4/c23-22(24,25)18-5-2-1-4-15(18)7-10-20(30)26-12-3-13-27-21(31)11-8-16-6-9-17(28)14-19(16)29/h1-2,4-11,14,28-29H,3,12-13H2,(H,26,30)(H,27,31)/b10-7+,11-8+. The van der Waals surface area contributed by atoms with E-state index in [1.807, 2.05) is 0 Å². The van der Waals surface area contributed by atoms with E-state index < -0.39 is 23.6 Å². The van der Waals surface area contributed by atoms with E-state index in [0.29, 0.717) is 12.0 Å². The number of amides is 2. The molecule has 0 unspecified atom stereocenters. The predicted molar refractivity (Wildman–Crippen MR) is 110 cm³/mol. The second-order valence-corrected chi connectivity index (χ2v) is 6.43. The summed E-state index contributed by atoms with van der Waals surface area (Å²) in [6.45, 7) is 0.471. The number of benzene rings is 2. The zero-order valence-corrected chi connectivity index (χ0v) is 16.3. The van der Waals surface area contributed by atoms with Crippen molar-refractivity contribution >= 4 is 24.0 Å². The molecule has 2 amide bonds. The lowest BCUT2D eigenvalue weighted by molar-refractivity contribution is -0.137. The fraction of sp³-hybridized carbons (Fsp3) is 0.182. The quantitative estimate of drug-likeness (QED) is 0.378. The molecular weight excluding hydrogens is 413 g/mol. The van der Waals surface area contributed by atoms with E-state index in [0.717, 1.165) is 24.3 Å². The Bertz CT molecular complexity index is 985. The largest absolute Gasteiger partial charge is 0.508 e. The van der Waals surface area contributed by atoms with Crippen molar-refractivity contribution in [3.05, 3.63) is 71.3 Å². The number of halogens is 3. The molecule has 0 aliphatic carbocycles. The van der Waals surface area contributed by atoms with Crippen LogP contribution in [0.2, 0.25) is 0 Å². The third kappa shape index (κ3) is 7.88. The van der Waals surface area contributed by atoms with Crippen LogP contribution in [0.1, 0.15) is 23.1 Å². The summed E-state index contributed by atoms with van der Waals surface area (Å²) in [7, 11) is 0. The number of phenolic OH excluding ortho intramolecular Hbond substituents is 2. The van der Waals surface area contributed by atoms with Crippen LogP contribution < -0.4 is 10.6 Å². The number of nitrogens with one attached hydrogen (secondary N) is 2. The third-order valence-electron chi connectivity index (χ3n) is 4.06. The molecule has 0 saturated carbocycles. The summed E-state index contributed by atoms with van der Waals surface area (Å²) in [6.07, 6.45) is 0.619. The van der Waals surface area contributed by atoms with Gasteiger partial charge in [0.1, 0.15) is 11.5 Å². The molecule has 0 fully saturated rings. The highest BCUT2D eigenvalue weighted by molar-refractivity contribution is 5.92. The molecule has 2 aromatic carbocycles. The average Bonchev–Trinajstić information content (AvgIpc) is 2.71. The Hall–Kier alpha value is -3.75. The van der Waals surface area contributed by atoms with Crippen molar-refractivity contribution in [3.63, 3.8) is 0 Å². The lowest BCUT2D eigenvalue weighted by Gasteiger charge is -2.09. The van der Waals surface area contributed by atoms with Crippen molar-refractivity contribution in [1.29, 1.82) is 0 Å². The summed E-state index contributed by atoms with van der Waals surface area (Å²) in [5.74, 6) is -1.23. The van der Waals surface area contributed by atoms with Crippen LogP contribution in [0.3, 0.4) is 0 Å². The highest BCUT2D eigenvalue weighted by atomic mass is 19.4. The van der Waals surface area contributed by atoms with E-state index in [4.69, 9.17) is 0 Å². The van der Waals surface area contributed by atoms with Gasteiger partial charge >= 0.3 is 6.18 Å². The Morgan fingerprint density at radius 3 is 2.03 bits per heavy atom. The van der Waals surface area contributed by atoms with E-state index in [-0.39, 0.29) is 30.2 Å². The smallest absolute Gasteiger partial charge is 0.416 e. The molecular formula is C22H21F3N2O4. The Labute approximate surface area is 176 Å².